The molecule has 1 amide bonds. The summed E-state index contributed by atoms with van der Waals surface area (Å²) in [6, 6.07) is 6.18. The van der Waals surface area contributed by atoms with Crippen LogP contribution in [0.2, 0.25) is 0 Å². The summed E-state index contributed by atoms with van der Waals surface area (Å²) in [7, 11) is 0. The summed E-state index contributed by atoms with van der Waals surface area (Å²) in [6.07, 6.45) is 0.336. The number of benzene rings is 1. The molecule has 1 aromatic carbocycles. The predicted molar refractivity (Wildman–Crippen MR) is 84.6 cm³/mol. The Hall–Kier alpha value is -1.46. The fourth-order valence-corrected chi connectivity index (χ4v) is 2.05. The summed E-state index contributed by atoms with van der Waals surface area (Å²) in [5, 5.41) is 2.60. The summed E-state index contributed by atoms with van der Waals surface area (Å²) in [6.45, 7) is 9.21. The Bertz CT molecular complexity index is 463. The van der Waals surface area contributed by atoms with Crippen molar-refractivity contribution in [1.82, 2.24) is 4.90 Å². The highest BCUT2D eigenvalue weighted by atomic mass is 19.1. The topological polar surface area (TPSA) is 58.4 Å². The predicted octanol–water partition coefficient (Wildman–Crippen LogP) is 2.46. The molecule has 1 aromatic rings. The highest BCUT2D eigenvalue weighted by Gasteiger charge is 2.19. The van der Waals surface area contributed by atoms with E-state index in [4.69, 9.17) is 5.73 Å². The average Bonchev–Trinajstić information content (AvgIpc) is 2.46. The third kappa shape index (κ3) is 6.23. The average molecular weight is 295 g/mol. The summed E-state index contributed by atoms with van der Waals surface area (Å²) < 4.78 is 13.4. The molecule has 0 bridgehead atoms. The SMILES string of the molecule is CCN(CCC(=O)Nc1ccccc1F)CC(C)(C)CN. The number of nitrogens with one attached hydrogen (secondary N) is 1. The van der Waals surface area contributed by atoms with E-state index in [1.54, 1.807) is 18.2 Å². The quantitative estimate of drug-likeness (QED) is 0.774. The van der Waals surface area contributed by atoms with Crippen molar-refractivity contribution in [2.75, 3.05) is 31.5 Å². The number of carbonyl (C=O) groups is 1. The van der Waals surface area contributed by atoms with Crippen LogP contribution in [0.15, 0.2) is 24.3 Å². The Labute approximate surface area is 126 Å². The molecular weight excluding hydrogens is 269 g/mol. The number of hydrogen-bond donors (Lipinski definition) is 2. The molecule has 1 rings (SSSR count). The van der Waals surface area contributed by atoms with E-state index >= 15 is 0 Å². The number of rotatable bonds is 8. The van der Waals surface area contributed by atoms with E-state index in [0.717, 1.165) is 13.1 Å². The maximum absolute atomic E-state index is 13.4. The molecule has 5 heteroatoms. The number of hydrogen-bond acceptors (Lipinski definition) is 3. The lowest BCUT2D eigenvalue weighted by atomic mass is 9.93. The molecule has 21 heavy (non-hydrogen) atoms. The molecule has 3 N–H and O–H groups in total. The lowest BCUT2D eigenvalue weighted by molar-refractivity contribution is -0.116. The van der Waals surface area contributed by atoms with Gasteiger partial charge < -0.3 is 16.0 Å². The van der Waals surface area contributed by atoms with Crippen LogP contribution in [-0.4, -0.2) is 37.0 Å². The van der Waals surface area contributed by atoms with Crippen molar-refractivity contribution < 1.29 is 9.18 Å². The van der Waals surface area contributed by atoms with Crippen molar-refractivity contribution in [2.45, 2.75) is 27.2 Å². The fraction of sp³-hybridized carbons (Fsp3) is 0.562. The second kappa shape index (κ2) is 8.10. The van der Waals surface area contributed by atoms with Gasteiger partial charge in [-0.15, -0.1) is 0 Å². The third-order valence-electron chi connectivity index (χ3n) is 3.45. The van der Waals surface area contributed by atoms with E-state index in [2.05, 4.69) is 31.0 Å². The molecule has 0 saturated carbocycles. The number of halogens is 1. The lowest BCUT2D eigenvalue weighted by Gasteiger charge is -2.30. The van der Waals surface area contributed by atoms with E-state index < -0.39 is 5.82 Å². The first-order chi connectivity index (χ1) is 9.88. The zero-order valence-corrected chi connectivity index (χ0v) is 13.2. The Morgan fingerprint density at radius 3 is 2.62 bits per heavy atom. The molecule has 0 heterocycles. The van der Waals surface area contributed by atoms with Crippen molar-refractivity contribution in [3.8, 4) is 0 Å². The monoisotopic (exact) mass is 295 g/mol. The molecule has 0 unspecified atom stereocenters. The molecule has 0 aliphatic carbocycles. The van der Waals surface area contributed by atoms with Crippen molar-refractivity contribution in [3.63, 3.8) is 0 Å². The molecule has 0 spiro atoms. The van der Waals surface area contributed by atoms with Crippen molar-refractivity contribution in [2.24, 2.45) is 11.1 Å². The van der Waals surface area contributed by atoms with E-state index in [0.29, 0.717) is 19.5 Å². The smallest absolute Gasteiger partial charge is 0.225 e. The largest absolute Gasteiger partial charge is 0.330 e. The maximum Gasteiger partial charge on any atom is 0.225 e. The molecule has 4 nitrogen and oxygen atoms in total. The first-order valence-corrected chi connectivity index (χ1v) is 7.35. The van der Waals surface area contributed by atoms with Crippen molar-refractivity contribution in [3.05, 3.63) is 30.1 Å². The zero-order valence-electron chi connectivity index (χ0n) is 13.2. The van der Waals surface area contributed by atoms with Gasteiger partial charge in [-0.05, 0) is 30.6 Å². The van der Waals surface area contributed by atoms with Gasteiger partial charge in [-0.1, -0.05) is 32.9 Å². The molecule has 0 fully saturated rings. The van der Waals surface area contributed by atoms with Crippen LogP contribution in [0.4, 0.5) is 10.1 Å². The van der Waals surface area contributed by atoms with Gasteiger partial charge in [-0.2, -0.15) is 0 Å². The lowest BCUT2D eigenvalue weighted by Crippen LogP contribution is -2.39. The van der Waals surface area contributed by atoms with Gasteiger partial charge in [0.2, 0.25) is 5.91 Å². The van der Waals surface area contributed by atoms with E-state index in [1.807, 2.05) is 0 Å². The van der Waals surface area contributed by atoms with Gasteiger partial charge in [0.05, 0.1) is 5.69 Å². The summed E-state index contributed by atoms with van der Waals surface area (Å²) in [5.41, 5.74) is 5.99. The maximum atomic E-state index is 13.4. The zero-order chi connectivity index (χ0) is 15.9. The molecule has 0 aliphatic rings. The van der Waals surface area contributed by atoms with Crippen LogP contribution >= 0.6 is 0 Å². The Balaban J connectivity index is 2.46. The molecule has 0 atom stereocenters. The Morgan fingerprint density at radius 1 is 1.38 bits per heavy atom. The Kier molecular flexibility index (Phi) is 6.78. The highest BCUT2D eigenvalue weighted by Crippen LogP contribution is 2.15. The van der Waals surface area contributed by atoms with Crippen molar-refractivity contribution in [1.29, 1.82) is 0 Å². The van der Waals surface area contributed by atoms with Crippen LogP contribution in [0.3, 0.4) is 0 Å². The van der Waals surface area contributed by atoms with Crippen molar-refractivity contribution >= 4 is 11.6 Å². The van der Waals surface area contributed by atoms with Crippen LogP contribution in [0.1, 0.15) is 27.2 Å². The minimum atomic E-state index is -0.414. The minimum Gasteiger partial charge on any atom is -0.330 e. The first kappa shape index (κ1) is 17.6. The number of anilines is 1. The van der Waals surface area contributed by atoms with Gasteiger partial charge in [0, 0.05) is 19.5 Å². The highest BCUT2D eigenvalue weighted by molar-refractivity contribution is 5.90. The van der Waals surface area contributed by atoms with E-state index in [9.17, 15) is 9.18 Å². The minimum absolute atomic E-state index is 0.0258. The molecule has 0 radical (unpaired) electrons. The number of nitrogens with zero attached hydrogens (tertiary/aromatic N) is 1. The number of amides is 1. The van der Waals surface area contributed by atoms with Crippen LogP contribution in [0.5, 0.6) is 0 Å². The number of carbonyl (C=O) groups excluding carboxylic acids is 1. The number of para-hydroxylation sites is 1. The molecular formula is C16H26FN3O. The number of nitrogens with two attached hydrogens (primary N) is 1. The second-order valence-corrected chi connectivity index (χ2v) is 6.02. The fourth-order valence-electron chi connectivity index (χ4n) is 2.05. The molecule has 118 valence electrons. The van der Waals surface area contributed by atoms with Gasteiger partial charge in [-0.3, -0.25) is 4.79 Å². The van der Waals surface area contributed by atoms with Crippen LogP contribution in [0.25, 0.3) is 0 Å². The van der Waals surface area contributed by atoms with Crippen LogP contribution < -0.4 is 11.1 Å². The van der Waals surface area contributed by atoms with Gasteiger partial charge in [0.15, 0.2) is 0 Å². The normalized spacial score (nSPS) is 11.7. The van der Waals surface area contributed by atoms with E-state index in [1.165, 1.54) is 6.07 Å². The van der Waals surface area contributed by atoms with Gasteiger partial charge in [0.1, 0.15) is 5.82 Å². The Morgan fingerprint density at radius 2 is 2.05 bits per heavy atom. The van der Waals surface area contributed by atoms with Crippen LogP contribution in [-0.2, 0) is 4.79 Å². The van der Waals surface area contributed by atoms with E-state index in [-0.39, 0.29) is 17.0 Å². The second-order valence-electron chi connectivity index (χ2n) is 6.02. The summed E-state index contributed by atoms with van der Waals surface area (Å²) in [4.78, 5) is 14.1. The molecule has 0 aromatic heterocycles. The summed E-state index contributed by atoms with van der Waals surface area (Å²) in [5.74, 6) is -0.591. The molecule has 0 saturated heterocycles. The summed E-state index contributed by atoms with van der Waals surface area (Å²) >= 11 is 0. The van der Waals surface area contributed by atoms with Gasteiger partial charge in [-0.25, -0.2) is 4.39 Å². The standard InChI is InChI=1S/C16H26FN3O/c1-4-20(12-16(2,3)11-18)10-9-15(21)19-14-8-6-5-7-13(14)17/h5-8H,4,9-12,18H2,1-3H3,(H,19,21). The van der Waals surface area contributed by atoms with Crippen LogP contribution in [0, 0.1) is 11.2 Å². The van der Waals surface area contributed by atoms with Gasteiger partial charge >= 0.3 is 0 Å². The molecule has 0 aliphatic heterocycles. The first-order valence-electron chi connectivity index (χ1n) is 7.35. The third-order valence-corrected chi connectivity index (χ3v) is 3.45. The van der Waals surface area contributed by atoms with Gasteiger partial charge in [0.25, 0.3) is 0 Å².